The fourth-order valence-electron chi connectivity index (χ4n) is 2.99. The third-order valence-electron chi connectivity index (χ3n) is 4.36. The summed E-state index contributed by atoms with van der Waals surface area (Å²) in [7, 11) is 0. The number of aromatic nitrogens is 2. The molecule has 0 radical (unpaired) electrons. The Morgan fingerprint density at radius 2 is 1.93 bits per heavy atom. The van der Waals surface area contributed by atoms with E-state index in [0.29, 0.717) is 45.8 Å². The van der Waals surface area contributed by atoms with Crippen molar-refractivity contribution >= 4 is 46.2 Å². The number of ketones is 1. The molecule has 144 valence electrons. The van der Waals surface area contributed by atoms with Gasteiger partial charge < -0.3 is 20.8 Å². The van der Waals surface area contributed by atoms with E-state index < -0.39 is 0 Å². The average Bonchev–Trinajstić information content (AvgIpc) is 3.16. The number of nitrogen functional groups attached to an aromatic ring is 1. The van der Waals surface area contributed by atoms with E-state index in [1.54, 1.807) is 18.2 Å². The van der Waals surface area contributed by atoms with Crippen LogP contribution in [0.2, 0.25) is 5.02 Å². The first kappa shape index (κ1) is 18.5. The summed E-state index contributed by atoms with van der Waals surface area (Å²) in [4.78, 5) is 31.0. The van der Waals surface area contributed by atoms with E-state index in [1.807, 2.05) is 30.3 Å². The van der Waals surface area contributed by atoms with Gasteiger partial charge in [-0.15, -0.1) is 0 Å². The maximum absolute atomic E-state index is 13.1. The van der Waals surface area contributed by atoms with Crippen LogP contribution in [0.5, 0.6) is 11.5 Å². The van der Waals surface area contributed by atoms with Gasteiger partial charge in [0, 0.05) is 17.8 Å². The van der Waals surface area contributed by atoms with Crippen LogP contribution in [-0.2, 0) is 4.79 Å². The summed E-state index contributed by atoms with van der Waals surface area (Å²) >= 11 is 6.36. The quantitative estimate of drug-likeness (QED) is 0.325. The van der Waals surface area contributed by atoms with Crippen LogP contribution in [-0.4, -0.2) is 22.2 Å². The Morgan fingerprint density at radius 1 is 1.14 bits per heavy atom. The van der Waals surface area contributed by atoms with Crippen LogP contribution in [0.25, 0.3) is 11.0 Å². The van der Waals surface area contributed by atoms with Crippen molar-refractivity contribution in [1.29, 1.82) is 0 Å². The number of H-pyrrole nitrogens is 1. The van der Waals surface area contributed by atoms with E-state index in [1.165, 1.54) is 12.4 Å². The lowest BCUT2D eigenvalue weighted by Crippen LogP contribution is -2.05. The van der Waals surface area contributed by atoms with Crippen molar-refractivity contribution in [2.75, 3.05) is 11.1 Å². The third-order valence-corrected chi connectivity index (χ3v) is 4.68. The molecule has 2 heterocycles. The number of para-hydroxylation sites is 1. The second-order valence-corrected chi connectivity index (χ2v) is 6.57. The SMILES string of the molecule is Nc1c(NC=O)cnc2[nH]cc(C(=O)c3ccc(Oc4ccccc4)cc3Cl)c12. The van der Waals surface area contributed by atoms with Crippen LogP contribution in [0.1, 0.15) is 15.9 Å². The number of benzene rings is 2. The van der Waals surface area contributed by atoms with Crippen molar-refractivity contribution in [3.8, 4) is 11.5 Å². The second kappa shape index (κ2) is 7.65. The predicted molar refractivity (Wildman–Crippen MR) is 112 cm³/mol. The lowest BCUT2D eigenvalue weighted by Gasteiger charge is -2.09. The van der Waals surface area contributed by atoms with Gasteiger partial charge in [-0.05, 0) is 24.3 Å². The van der Waals surface area contributed by atoms with Crippen LogP contribution in [0.15, 0.2) is 60.9 Å². The van der Waals surface area contributed by atoms with Gasteiger partial charge in [0.1, 0.15) is 17.1 Å². The fourth-order valence-corrected chi connectivity index (χ4v) is 3.25. The maximum Gasteiger partial charge on any atom is 0.211 e. The standard InChI is InChI=1S/C21H15ClN4O3/c22-16-8-13(29-12-4-2-1-3-5-12)6-7-14(16)20(28)15-9-24-21-18(15)19(23)17(10-25-21)26-11-27/h1-11H,(H,26,27)(H3,23,24,25). The molecule has 0 saturated heterocycles. The van der Waals surface area contributed by atoms with Gasteiger partial charge in [0.2, 0.25) is 6.41 Å². The van der Waals surface area contributed by atoms with Gasteiger partial charge in [-0.3, -0.25) is 9.59 Å². The van der Waals surface area contributed by atoms with Gasteiger partial charge in [0.25, 0.3) is 0 Å². The predicted octanol–water partition coefficient (Wildman–Crippen LogP) is 4.39. The zero-order valence-corrected chi connectivity index (χ0v) is 15.7. The van der Waals surface area contributed by atoms with Crippen LogP contribution in [0, 0.1) is 0 Å². The minimum atomic E-state index is -0.329. The number of carbonyl (C=O) groups is 2. The number of anilines is 2. The Labute approximate surface area is 170 Å². The highest BCUT2D eigenvalue weighted by atomic mass is 35.5. The second-order valence-electron chi connectivity index (χ2n) is 6.16. The first-order valence-corrected chi connectivity index (χ1v) is 8.99. The number of hydrogen-bond acceptors (Lipinski definition) is 5. The molecule has 7 nitrogen and oxygen atoms in total. The number of nitrogens with one attached hydrogen (secondary N) is 2. The van der Waals surface area contributed by atoms with E-state index >= 15 is 0 Å². The van der Waals surface area contributed by atoms with Crippen molar-refractivity contribution in [3.63, 3.8) is 0 Å². The zero-order chi connectivity index (χ0) is 20.4. The minimum absolute atomic E-state index is 0.242. The molecule has 4 rings (SSSR count). The molecule has 0 bridgehead atoms. The summed E-state index contributed by atoms with van der Waals surface area (Å²) < 4.78 is 5.74. The van der Waals surface area contributed by atoms with Gasteiger partial charge in [-0.2, -0.15) is 0 Å². The van der Waals surface area contributed by atoms with Gasteiger partial charge in [-0.1, -0.05) is 29.8 Å². The van der Waals surface area contributed by atoms with E-state index in [4.69, 9.17) is 22.1 Å². The molecule has 0 aliphatic rings. The maximum atomic E-state index is 13.1. The Hall–Kier alpha value is -3.84. The summed E-state index contributed by atoms with van der Waals surface area (Å²) in [5.41, 5.74) is 7.72. The Balaban J connectivity index is 1.69. The normalized spacial score (nSPS) is 10.7. The number of pyridine rings is 1. The van der Waals surface area contributed by atoms with E-state index in [2.05, 4.69) is 15.3 Å². The fraction of sp³-hybridized carbons (Fsp3) is 0. The summed E-state index contributed by atoms with van der Waals surface area (Å²) in [6.45, 7) is 0. The third kappa shape index (κ3) is 3.51. The number of amides is 1. The molecule has 0 aliphatic carbocycles. The largest absolute Gasteiger partial charge is 0.457 e. The van der Waals surface area contributed by atoms with Gasteiger partial charge in [0.15, 0.2) is 5.78 Å². The summed E-state index contributed by atoms with van der Waals surface area (Å²) in [5.74, 6) is 0.841. The van der Waals surface area contributed by atoms with E-state index in [-0.39, 0.29) is 16.5 Å². The van der Waals surface area contributed by atoms with E-state index in [9.17, 15) is 9.59 Å². The number of rotatable bonds is 6. The molecule has 4 aromatic rings. The monoisotopic (exact) mass is 406 g/mol. The van der Waals surface area contributed by atoms with Crippen LogP contribution in [0.3, 0.4) is 0 Å². The van der Waals surface area contributed by atoms with Gasteiger partial charge in [0.05, 0.1) is 33.5 Å². The highest BCUT2D eigenvalue weighted by Crippen LogP contribution is 2.33. The molecule has 8 heteroatoms. The first-order valence-electron chi connectivity index (χ1n) is 8.61. The number of carbonyl (C=O) groups excluding carboxylic acids is 2. The number of halogens is 1. The van der Waals surface area contributed by atoms with Gasteiger partial charge in [-0.25, -0.2) is 4.98 Å². The molecule has 0 spiro atoms. The average molecular weight is 407 g/mol. The Kier molecular flexibility index (Phi) is 4.88. The molecule has 29 heavy (non-hydrogen) atoms. The van der Waals surface area contributed by atoms with Crippen LogP contribution >= 0.6 is 11.6 Å². The topological polar surface area (TPSA) is 110 Å². The molecule has 2 aromatic heterocycles. The molecule has 0 saturated carbocycles. The number of nitrogens with zero attached hydrogens (tertiary/aromatic N) is 1. The number of hydrogen-bond donors (Lipinski definition) is 3. The van der Waals surface area contributed by atoms with Gasteiger partial charge >= 0.3 is 0 Å². The van der Waals surface area contributed by atoms with Crippen LogP contribution in [0.4, 0.5) is 11.4 Å². The molecular formula is C21H15ClN4O3. The number of aromatic amines is 1. The number of nitrogens with two attached hydrogens (primary N) is 1. The van der Waals surface area contributed by atoms with Crippen molar-refractivity contribution < 1.29 is 14.3 Å². The van der Waals surface area contributed by atoms with E-state index in [0.717, 1.165) is 0 Å². The summed E-state index contributed by atoms with van der Waals surface area (Å²) in [6, 6.07) is 14.1. The smallest absolute Gasteiger partial charge is 0.211 e. The Bertz CT molecular complexity index is 1220. The molecule has 0 fully saturated rings. The highest BCUT2D eigenvalue weighted by molar-refractivity contribution is 6.36. The molecule has 1 amide bonds. The molecule has 0 aliphatic heterocycles. The summed E-state index contributed by atoms with van der Waals surface area (Å²) in [5, 5.41) is 3.13. The van der Waals surface area contributed by atoms with Crippen molar-refractivity contribution in [1.82, 2.24) is 9.97 Å². The minimum Gasteiger partial charge on any atom is -0.457 e. The van der Waals surface area contributed by atoms with Crippen molar-refractivity contribution in [3.05, 3.63) is 77.1 Å². The lowest BCUT2D eigenvalue weighted by molar-refractivity contribution is -0.105. The molecule has 4 N–H and O–H groups in total. The van der Waals surface area contributed by atoms with Crippen molar-refractivity contribution in [2.24, 2.45) is 0 Å². The number of fused-ring (bicyclic) bond motifs is 1. The zero-order valence-electron chi connectivity index (χ0n) is 15.0. The molecule has 0 atom stereocenters. The highest BCUT2D eigenvalue weighted by Gasteiger charge is 2.21. The lowest BCUT2D eigenvalue weighted by atomic mass is 10.0. The first-order chi connectivity index (χ1) is 14.1. The molecule has 0 unspecified atom stereocenters. The molecular weight excluding hydrogens is 392 g/mol. The van der Waals surface area contributed by atoms with Crippen molar-refractivity contribution in [2.45, 2.75) is 0 Å². The Morgan fingerprint density at radius 3 is 2.66 bits per heavy atom. The number of ether oxygens (including phenoxy) is 1. The summed E-state index contributed by atoms with van der Waals surface area (Å²) in [6.07, 6.45) is 3.43. The molecule has 2 aromatic carbocycles. The van der Waals surface area contributed by atoms with Crippen LogP contribution < -0.4 is 15.8 Å².